The standard InChI is InChI=1S/C5H12FO3P/c1-2-3-4-5-10(7,8)9-6/h2-5H2,1H3,(H,7,8). The first-order valence-electron chi connectivity index (χ1n) is 3.24. The highest BCUT2D eigenvalue weighted by Gasteiger charge is 2.18. The minimum atomic E-state index is -3.87. The monoisotopic (exact) mass is 170 g/mol. The predicted molar refractivity (Wildman–Crippen MR) is 36.4 cm³/mol. The van der Waals surface area contributed by atoms with Crippen molar-refractivity contribution in [2.45, 2.75) is 26.2 Å². The molecule has 5 heteroatoms. The summed E-state index contributed by atoms with van der Waals surface area (Å²) in [5, 5.41) is 0. The fourth-order valence-corrected chi connectivity index (χ4v) is 1.29. The molecule has 0 radical (unpaired) electrons. The highest BCUT2D eigenvalue weighted by atomic mass is 31.2. The van der Waals surface area contributed by atoms with E-state index in [-0.39, 0.29) is 6.16 Å². The van der Waals surface area contributed by atoms with Crippen molar-refractivity contribution in [2.75, 3.05) is 6.16 Å². The Morgan fingerprint density at radius 3 is 2.60 bits per heavy atom. The summed E-state index contributed by atoms with van der Waals surface area (Å²) in [7, 11) is -3.87. The molecule has 0 saturated carbocycles. The summed E-state index contributed by atoms with van der Waals surface area (Å²) in [5.41, 5.74) is 0. The number of rotatable bonds is 5. The van der Waals surface area contributed by atoms with Gasteiger partial charge in [-0.1, -0.05) is 19.8 Å². The quantitative estimate of drug-likeness (QED) is 0.508. The average Bonchev–Trinajstić information content (AvgIpc) is 1.89. The number of hydrogen-bond donors (Lipinski definition) is 1. The lowest BCUT2D eigenvalue weighted by Gasteiger charge is -2.02. The van der Waals surface area contributed by atoms with Gasteiger partial charge in [-0.3, -0.25) is 4.57 Å². The van der Waals surface area contributed by atoms with Crippen LogP contribution in [0.15, 0.2) is 0 Å². The maximum Gasteiger partial charge on any atom is 0.361 e. The van der Waals surface area contributed by atoms with Crippen LogP contribution in [0.4, 0.5) is 4.53 Å². The van der Waals surface area contributed by atoms with Crippen molar-refractivity contribution in [3.63, 3.8) is 0 Å². The van der Waals surface area contributed by atoms with Crippen LogP contribution in [0.1, 0.15) is 26.2 Å². The van der Waals surface area contributed by atoms with Gasteiger partial charge in [0.1, 0.15) is 0 Å². The van der Waals surface area contributed by atoms with E-state index in [1.54, 1.807) is 0 Å². The third-order valence-corrected chi connectivity index (χ3v) is 2.25. The van der Waals surface area contributed by atoms with Gasteiger partial charge in [0, 0.05) is 0 Å². The van der Waals surface area contributed by atoms with Crippen molar-refractivity contribution in [1.29, 1.82) is 0 Å². The van der Waals surface area contributed by atoms with E-state index in [4.69, 9.17) is 4.89 Å². The summed E-state index contributed by atoms with van der Waals surface area (Å²) in [6, 6.07) is 0. The Bertz CT molecular complexity index is 128. The number of halogens is 1. The molecule has 1 N–H and O–H groups in total. The molecule has 0 aromatic rings. The van der Waals surface area contributed by atoms with Gasteiger partial charge in [0.2, 0.25) is 0 Å². The van der Waals surface area contributed by atoms with E-state index in [1.807, 2.05) is 6.92 Å². The van der Waals surface area contributed by atoms with Crippen LogP contribution in [0.3, 0.4) is 0 Å². The van der Waals surface area contributed by atoms with E-state index in [1.165, 1.54) is 0 Å². The molecule has 0 fully saturated rings. The van der Waals surface area contributed by atoms with Gasteiger partial charge in [0.25, 0.3) is 0 Å². The molecule has 62 valence electrons. The molecule has 0 aliphatic carbocycles. The molecular formula is C5H12FO3P. The van der Waals surface area contributed by atoms with Gasteiger partial charge in [0.05, 0.1) is 6.16 Å². The molecule has 0 spiro atoms. The first-order chi connectivity index (χ1) is 4.62. The van der Waals surface area contributed by atoms with Crippen molar-refractivity contribution < 1.29 is 18.7 Å². The van der Waals surface area contributed by atoms with Gasteiger partial charge in [-0.15, -0.1) is 4.73 Å². The zero-order valence-corrected chi connectivity index (χ0v) is 6.81. The molecule has 0 aromatic carbocycles. The lowest BCUT2D eigenvalue weighted by Crippen LogP contribution is -1.88. The fourth-order valence-electron chi connectivity index (χ4n) is 0.596. The van der Waals surface area contributed by atoms with Crippen molar-refractivity contribution in [2.24, 2.45) is 0 Å². The van der Waals surface area contributed by atoms with Crippen LogP contribution in [0.25, 0.3) is 0 Å². The van der Waals surface area contributed by atoms with Crippen molar-refractivity contribution in [3.8, 4) is 0 Å². The third-order valence-electron chi connectivity index (χ3n) is 1.15. The zero-order valence-electron chi connectivity index (χ0n) is 5.92. The molecule has 1 atom stereocenters. The van der Waals surface area contributed by atoms with Crippen molar-refractivity contribution in [1.82, 2.24) is 0 Å². The Labute approximate surface area is 59.6 Å². The highest BCUT2D eigenvalue weighted by molar-refractivity contribution is 7.52. The third kappa shape index (κ3) is 4.91. The molecule has 0 bridgehead atoms. The van der Waals surface area contributed by atoms with Crippen LogP contribution >= 0.6 is 7.60 Å². The van der Waals surface area contributed by atoms with Gasteiger partial charge in [-0.2, -0.15) is 0 Å². The van der Waals surface area contributed by atoms with Gasteiger partial charge in [-0.05, 0) is 10.9 Å². The minimum Gasteiger partial charge on any atom is -0.323 e. The van der Waals surface area contributed by atoms with Crippen LogP contribution in [-0.2, 0) is 9.29 Å². The summed E-state index contributed by atoms with van der Waals surface area (Å²) in [4.78, 5) is 8.51. The fraction of sp³-hybridized carbons (Fsp3) is 1.00. The molecule has 0 aliphatic heterocycles. The average molecular weight is 170 g/mol. The molecule has 0 rings (SSSR count). The summed E-state index contributed by atoms with van der Waals surface area (Å²) in [6.07, 6.45) is 2.21. The van der Waals surface area contributed by atoms with Gasteiger partial charge in [-0.25, -0.2) is 0 Å². The van der Waals surface area contributed by atoms with Gasteiger partial charge >= 0.3 is 7.60 Å². The molecule has 10 heavy (non-hydrogen) atoms. The van der Waals surface area contributed by atoms with Crippen LogP contribution in [0.2, 0.25) is 0 Å². The molecule has 0 aromatic heterocycles. The molecule has 3 nitrogen and oxygen atoms in total. The molecular weight excluding hydrogens is 158 g/mol. The minimum absolute atomic E-state index is 0.0860. The first-order valence-corrected chi connectivity index (χ1v) is 5.01. The Morgan fingerprint density at radius 2 is 2.20 bits per heavy atom. The topological polar surface area (TPSA) is 46.5 Å². The Kier molecular flexibility index (Phi) is 4.87. The SMILES string of the molecule is CCCCCP(=O)(O)OF. The van der Waals surface area contributed by atoms with Crippen molar-refractivity contribution in [3.05, 3.63) is 0 Å². The summed E-state index contributed by atoms with van der Waals surface area (Å²) in [5.74, 6) is 0. The van der Waals surface area contributed by atoms with Crippen LogP contribution in [0.5, 0.6) is 0 Å². The maximum absolute atomic E-state index is 11.2. The number of hydrogen-bond acceptors (Lipinski definition) is 2. The van der Waals surface area contributed by atoms with E-state index >= 15 is 0 Å². The van der Waals surface area contributed by atoms with E-state index in [0.29, 0.717) is 6.42 Å². The second kappa shape index (κ2) is 4.83. The smallest absolute Gasteiger partial charge is 0.323 e. The predicted octanol–water partition coefficient (Wildman–Crippen LogP) is 2.26. The second-order valence-corrected chi connectivity index (χ2v) is 4.00. The summed E-state index contributed by atoms with van der Waals surface area (Å²) in [6.45, 7) is 1.96. The van der Waals surface area contributed by atoms with Crippen molar-refractivity contribution >= 4 is 7.60 Å². The Morgan fingerprint density at radius 1 is 1.60 bits per heavy atom. The maximum atomic E-state index is 11.2. The van der Waals surface area contributed by atoms with Crippen LogP contribution < -0.4 is 0 Å². The summed E-state index contributed by atoms with van der Waals surface area (Å²) < 4.78 is 24.5. The first kappa shape index (κ1) is 10.1. The highest BCUT2D eigenvalue weighted by Crippen LogP contribution is 2.42. The van der Waals surface area contributed by atoms with Crippen LogP contribution in [-0.4, -0.2) is 11.1 Å². The number of unbranched alkanes of at least 4 members (excludes halogenated alkanes) is 2. The summed E-state index contributed by atoms with van der Waals surface area (Å²) >= 11 is 0. The molecule has 1 unspecified atom stereocenters. The normalized spacial score (nSPS) is 16.7. The largest absolute Gasteiger partial charge is 0.361 e. The lowest BCUT2D eigenvalue weighted by molar-refractivity contribution is -0.0189. The van der Waals surface area contributed by atoms with E-state index < -0.39 is 7.60 Å². The Balaban J connectivity index is 3.38. The van der Waals surface area contributed by atoms with E-state index in [2.05, 4.69) is 4.73 Å². The zero-order chi connectivity index (χ0) is 8.04. The molecule has 0 saturated heterocycles. The van der Waals surface area contributed by atoms with Crippen LogP contribution in [0, 0.1) is 0 Å². The lowest BCUT2D eigenvalue weighted by atomic mass is 10.3. The molecule has 0 amide bonds. The van der Waals surface area contributed by atoms with E-state index in [9.17, 15) is 9.09 Å². The second-order valence-electron chi connectivity index (χ2n) is 2.14. The Hall–Kier alpha value is 0.0800. The molecule has 0 aliphatic rings. The van der Waals surface area contributed by atoms with E-state index in [0.717, 1.165) is 12.8 Å². The van der Waals surface area contributed by atoms with Gasteiger partial charge in [0.15, 0.2) is 0 Å². The van der Waals surface area contributed by atoms with Gasteiger partial charge < -0.3 is 4.89 Å². The molecule has 0 heterocycles.